The lowest BCUT2D eigenvalue weighted by Gasteiger charge is -2.34. The van der Waals surface area contributed by atoms with Gasteiger partial charge in [0, 0.05) is 31.2 Å². The van der Waals surface area contributed by atoms with Gasteiger partial charge in [0.2, 0.25) is 0 Å². The van der Waals surface area contributed by atoms with Gasteiger partial charge in [0.05, 0.1) is 0 Å². The Kier molecular flexibility index (Phi) is 5.20. The molecule has 1 aromatic carbocycles. The van der Waals surface area contributed by atoms with Crippen LogP contribution in [0.1, 0.15) is 17.3 Å². The van der Waals surface area contributed by atoms with Gasteiger partial charge in [-0.1, -0.05) is 0 Å². The van der Waals surface area contributed by atoms with Crippen molar-refractivity contribution in [1.82, 2.24) is 10.2 Å². The number of benzene rings is 1. The molecule has 1 atom stereocenters. The maximum absolute atomic E-state index is 13.1. The van der Waals surface area contributed by atoms with E-state index in [0.29, 0.717) is 19.6 Å². The molecule has 0 aromatic heterocycles. The van der Waals surface area contributed by atoms with E-state index in [0.717, 1.165) is 12.1 Å². The van der Waals surface area contributed by atoms with E-state index in [1.54, 1.807) is 0 Å². The fraction of sp³-hybridized carbons (Fsp3) is 0.417. The Bertz CT molecular complexity index is 461. The zero-order chi connectivity index (χ0) is 13.3. The van der Waals surface area contributed by atoms with Gasteiger partial charge in [-0.05, 0) is 19.1 Å². The highest BCUT2D eigenvalue weighted by Crippen LogP contribution is 2.16. The van der Waals surface area contributed by atoms with Crippen LogP contribution in [-0.2, 0) is 0 Å². The topological polar surface area (TPSA) is 32.3 Å². The van der Waals surface area contributed by atoms with Crippen molar-refractivity contribution >= 4 is 18.3 Å². The summed E-state index contributed by atoms with van der Waals surface area (Å²) in [6, 6.07) is 1.40. The van der Waals surface area contributed by atoms with Gasteiger partial charge in [-0.15, -0.1) is 12.4 Å². The lowest BCUT2D eigenvalue weighted by Crippen LogP contribution is -2.52. The maximum Gasteiger partial charge on any atom is 0.254 e. The standard InChI is InChI=1S/C12H13F3N2O.ClH/c1-7-6-16-2-3-17(7)12(18)8-4-9(13)11(15)10(14)5-8;/h4-5,7,16H,2-3,6H2,1H3;1H/t7-;/m0./s1. The molecule has 7 heteroatoms. The van der Waals surface area contributed by atoms with Crippen LogP contribution in [-0.4, -0.2) is 36.5 Å². The van der Waals surface area contributed by atoms with Crippen LogP contribution in [0, 0.1) is 17.5 Å². The van der Waals surface area contributed by atoms with Crippen molar-refractivity contribution in [2.75, 3.05) is 19.6 Å². The summed E-state index contributed by atoms with van der Waals surface area (Å²) in [6.45, 7) is 3.54. The van der Waals surface area contributed by atoms with E-state index in [1.807, 2.05) is 6.92 Å². The van der Waals surface area contributed by atoms with Crippen molar-refractivity contribution in [2.24, 2.45) is 0 Å². The number of hydrogen-bond donors (Lipinski definition) is 1. The summed E-state index contributed by atoms with van der Waals surface area (Å²) in [5, 5.41) is 3.10. The molecule has 0 saturated carbocycles. The minimum Gasteiger partial charge on any atom is -0.333 e. The second-order valence-electron chi connectivity index (χ2n) is 4.31. The lowest BCUT2D eigenvalue weighted by atomic mass is 10.1. The van der Waals surface area contributed by atoms with Gasteiger partial charge in [0.1, 0.15) is 0 Å². The van der Waals surface area contributed by atoms with E-state index in [-0.39, 0.29) is 24.0 Å². The van der Waals surface area contributed by atoms with Crippen LogP contribution in [0.5, 0.6) is 0 Å². The molecule has 0 aliphatic carbocycles. The minimum atomic E-state index is -1.56. The molecule has 1 aromatic rings. The summed E-state index contributed by atoms with van der Waals surface area (Å²) in [7, 11) is 0. The summed E-state index contributed by atoms with van der Waals surface area (Å²) in [5.41, 5.74) is -0.167. The lowest BCUT2D eigenvalue weighted by molar-refractivity contribution is 0.0654. The van der Waals surface area contributed by atoms with Gasteiger partial charge >= 0.3 is 0 Å². The number of hydrogen-bond acceptors (Lipinski definition) is 2. The molecule has 1 N–H and O–H groups in total. The molecule has 0 radical (unpaired) electrons. The third-order valence-corrected chi connectivity index (χ3v) is 2.99. The first-order valence-corrected chi connectivity index (χ1v) is 5.67. The number of carbonyl (C=O) groups excluding carboxylic acids is 1. The summed E-state index contributed by atoms with van der Waals surface area (Å²) >= 11 is 0. The Morgan fingerprint density at radius 1 is 1.32 bits per heavy atom. The number of piperazine rings is 1. The van der Waals surface area contributed by atoms with Gasteiger partial charge in [-0.3, -0.25) is 4.79 Å². The zero-order valence-corrected chi connectivity index (χ0v) is 11.1. The number of carbonyl (C=O) groups is 1. The van der Waals surface area contributed by atoms with Crippen LogP contribution in [0.4, 0.5) is 13.2 Å². The first-order valence-electron chi connectivity index (χ1n) is 5.67. The molecule has 0 spiro atoms. The van der Waals surface area contributed by atoms with Crippen molar-refractivity contribution in [3.8, 4) is 0 Å². The molecule has 1 aliphatic rings. The number of rotatable bonds is 1. The van der Waals surface area contributed by atoms with Crippen molar-refractivity contribution in [2.45, 2.75) is 13.0 Å². The fourth-order valence-electron chi connectivity index (χ4n) is 1.99. The zero-order valence-electron chi connectivity index (χ0n) is 10.3. The molecule has 19 heavy (non-hydrogen) atoms. The van der Waals surface area contributed by atoms with E-state index in [4.69, 9.17) is 0 Å². The van der Waals surface area contributed by atoms with E-state index in [1.165, 1.54) is 4.90 Å². The van der Waals surface area contributed by atoms with E-state index < -0.39 is 23.4 Å². The first kappa shape index (κ1) is 15.8. The SMILES string of the molecule is C[C@H]1CNCCN1C(=O)c1cc(F)c(F)c(F)c1.Cl. The molecule has 1 heterocycles. The molecular weight excluding hydrogens is 281 g/mol. The highest BCUT2D eigenvalue weighted by molar-refractivity contribution is 5.94. The predicted molar refractivity (Wildman–Crippen MR) is 66.9 cm³/mol. The van der Waals surface area contributed by atoms with Crippen LogP contribution in [0.2, 0.25) is 0 Å². The maximum atomic E-state index is 13.1. The number of nitrogens with zero attached hydrogens (tertiary/aromatic N) is 1. The molecule has 106 valence electrons. The Hall–Kier alpha value is -1.27. The van der Waals surface area contributed by atoms with Gasteiger partial charge in [0.15, 0.2) is 17.5 Å². The van der Waals surface area contributed by atoms with Gasteiger partial charge < -0.3 is 10.2 Å². The van der Waals surface area contributed by atoms with E-state index >= 15 is 0 Å². The molecule has 1 fully saturated rings. The van der Waals surface area contributed by atoms with E-state index in [2.05, 4.69) is 5.32 Å². The average Bonchev–Trinajstić information content (AvgIpc) is 2.35. The Labute approximate surface area is 115 Å². The molecule has 0 bridgehead atoms. The van der Waals surface area contributed by atoms with Gasteiger partial charge in [-0.2, -0.15) is 0 Å². The summed E-state index contributed by atoms with van der Waals surface area (Å²) < 4.78 is 38.9. The molecule has 3 nitrogen and oxygen atoms in total. The predicted octanol–water partition coefficient (Wildman–Crippen LogP) is 1.96. The van der Waals surface area contributed by atoms with Crippen molar-refractivity contribution < 1.29 is 18.0 Å². The molecule has 0 unspecified atom stereocenters. The van der Waals surface area contributed by atoms with Crippen molar-refractivity contribution in [1.29, 1.82) is 0 Å². The van der Waals surface area contributed by atoms with Crippen LogP contribution >= 0.6 is 12.4 Å². The van der Waals surface area contributed by atoms with Crippen LogP contribution < -0.4 is 5.32 Å². The van der Waals surface area contributed by atoms with Crippen molar-refractivity contribution in [3.63, 3.8) is 0 Å². The van der Waals surface area contributed by atoms with Crippen LogP contribution in [0.3, 0.4) is 0 Å². The third-order valence-electron chi connectivity index (χ3n) is 2.99. The number of halogens is 4. The van der Waals surface area contributed by atoms with Crippen LogP contribution in [0.25, 0.3) is 0 Å². The van der Waals surface area contributed by atoms with Gasteiger partial charge in [0.25, 0.3) is 5.91 Å². The summed E-state index contributed by atoms with van der Waals surface area (Å²) in [5.74, 6) is -4.73. The van der Waals surface area contributed by atoms with Crippen molar-refractivity contribution in [3.05, 3.63) is 35.1 Å². The molecule has 1 amide bonds. The third kappa shape index (κ3) is 3.19. The minimum absolute atomic E-state index is 0. The molecule has 2 rings (SSSR count). The fourth-order valence-corrected chi connectivity index (χ4v) is 1.99. The largest absolute Gasteiger partial charge is 0.333 e. The Morgan fingerprint density at radius 3 is 2.42 bits per heavy atom. The molecular formula is C12H14ClF3N2O. The monoisotopic (exact) mass is 294 g/mol. The highest BCUT2D eigenvalue weighted by Gasteiger charge is 2.25. The molecule has 1 saturated heterocycles. The second-order valence-corrected chi connectivity index (χ2v) is 4.31. The highest BCUT2D eigenvalue weighted by atomic mass is 35.5. The smallest absolute Gasteiger partial charge is 0.254 e. The molecule has 1 aliphatic heterocycles. The summed E-state index contributed by atoms with van der Waals surface area (Å²) in [4.78, 5) is 13.6. The average molecular weight is 295 g/mol. The van der Waals surface area contributed by atoms with Gasteiger partial charge in [-0.25, -0.2) is 13.2 Å². The van der Waals surface area contributed by atoms with Crippen LogP contribution in [0.15, 0.2) is 12.1 Å². The summed E-state index contributed by atoms with van der Waals surface area (Å²) in [6.07, 6.45) is 0. The Balaban J connectivity index is 0.00000180. The first-order chi connectivity index (χ1) is 8.50. The van der Waals surface area contributed by atoms with E-state index in [9.17, 15) is 18.0 Å². The number of nitrogens with one attached hydrogen (secondary N) is 1. The quantitative estimate of drug-likeness (QED) is 0.803. The normalized spacial score (nSPS) is 18.9. The Morgan fingerprint density at radius 2 is 1.89 bits per heavy atom. The second kappa shape index (κ2) is 6.25. The number of amides is 1.